The molecule has 0 saturated carbocycles. The summed E-state index contributed by atoms with van der Waals surface area (Å²) in [5, 5.41) is 9.29. The number of nitrogens with zero attached hydrogens (tertiary/aromatic N) is 1. The van der Waals surface area contributed by atoms with Gasteiger partial charge in [0, 0.05) is 19.3 Å². The second-order valence-corrected chi connectivity index (χ2v) is 4.39. The fraction of sp³-hybridized carbons (Fsp3) is 0.538. The van der Waals surface area contributed by atoms with Crippen LogP contribution in [-0.2, 0) is 0 Å². The number of likely N-dealkylation sites (N-methyl/N-ethyl adjacent to an activating group) is 1. The average Bonchev–Trinajstić information content (AvgIpc) is 2.16. The minimum absolute atomic E-state index is 0.195. The SMILES string of the molecule is CC(O)CN(C)c1ccc(OC(C)C)cc1. The van der Waals surface area contributed by atoms with Crippen molar-refractivity contribution in [1.29, 1.82) is 0 Å². The zero-order valence-electron chi connectivity index (χ0n) is 10.5. The van der Waals surface area contributed by atoms with E-state index in [9.17, 15) is 5.11 Å². The van der Waals surface area contributed by atoms with Crippen LogP contribution in [0.2, 0.25) is 0 Å². The largest absolute Gasteiger partial charge is 0.491 e. The summed E-state index contributed by atoms with van der Waals surface area (Å²) in [6.07, 6.45) is -0.127. The van der Waals surface area contributed by atoms with Crippen molar-refractivity contribution < 1.29 is 9.84 Å². The smallest absolute Gasteiger partial charge is 0.119 e. The average molecular weight is 223 g/mol. The van der Waals surface area contributed by atoms with Gasteiger partial charge in [-0.3, -0.25) is 0 Å². The predicted octanol–water partition coefficient (Wildman–Crippen LogP) is 2.29. The lowest BCUT2D eigenvalue weighted by Crippen LogP contribution is -2.26. The molecule has 90 valence electrons. The van der Waals surface area contributed by atoms with Gasteiger partial charge in [0.15, 0.2) is 0 Å². The second kappa shape index (κ2) is 5.75. The van der Waals surface area contributed by atoms with Crippen LogP contribution in [0.3, 0.4) is 0 Å². The minimum atomic E-state index is -0.323. The molecule has 0 radical (unpaired) electrons. The molecule has 0 aromatic heterocycles. The molecule has 3 heteroatoms. The molecule has 3 nitrogen and oxygen atoms in total. The Hall–Kier alpha value is -1.22. The van der Waals surface area contributed by atoms with Gasteiger partial charge in [-0.25, -0.2) is 0 Å². The van der Waals surface area contributed by atoms with E-state index in [1.807, 2.05) is 50.1 Å². The van der Waals surface area contributed by atoms with E-state index in [-0.39, 0.29) is 12.2 Å². The third-order valence-corrected chi connectivity index (χ3v) is 2.19. The van der Waals surface area contributed by atoms with Crippen LogP contribution >= 0.6 is 0 Å². The zero-order chi connectivity index (χ0) is 12.1. The highest BCUT2D eigenvalue weighted by molar-refractivity contribution is 5.48. The van der Waals surface area contributed by atoms with Gasteiger partial charge < -0.3 is 14.7 Å². The van der Waals surface area contributed by atoms with Gasteiger partial charge >= 0.3 is 0 Å². The highest BCUT2D eigenvalue weighted by Crippen LogP contribution is 2.19. The fourth-order valence-corrected chi connectivity index (χ4v) is 1.55. The molecule has 0 aliphatic carbocycles. The maximum atomic E-state index is 9.29. The lowest BCUT2D eigenvalue weighted by molar-refractivity contribution is 0.201. The summed E-state index contributed by atoms with van der Waals surface area (Å²) in [6, 6.07) is 7.90. The summed E-state index contributed by atoms with van der Waals surface area (Å²) >= 11 is 0. The number of anilines is 1. The van der Waals surface area contributed by atoms with E-state index in [0.29, 0.717) is 6.54 Å². The molecule has 1 aromatic rings. The second-order valence-electron chi connectivity index (χ2n) is 4.39. The number of hydrogen-bond donors (Lipinski definition) is 1. The monoisotopic (exact) mass is 223 g/mol. The predicted molar refractivity (Wildman–Crippen MR) is 67.2 cm³/mol. The molecule has 0 heterocycles. The van der Waals surface area contributed by atoms with Crippen molar-refractivity contribution >= 4 is 5.69 Å². The molecular weight excluding hydrogens is 202 g/mol. The molecule has 1 aromatic carbocycles. The van der Waals surface area contributed by atoms with Crippen LogP contribution in [0.1, 0.15) is 20.8 Å². The molecule has 0 saturated heterocycles. The van der Waals surface area contributed by atoms with Gasteiger partial charge in [-0.05, 0) is 45.0 Å². The summed E-state index contributed by atoms with van der Waals surface area (Å²) in [5.41, 5.74) is 1.08. The maximum Gasteiger partial charge on any atom is 0.119 e. The summed E-state index contributed by atoms with van der Waals surface area (Å²) in [4.78, 5) is 2.02. The number of rotatable bonds is 5. The fourth-order valence-electron chi connectivity index (χ4n) is 1.55. The van der Waals surface area contributed by atoms with Crippen LogP contribution < -0.4 is 9.64 Å². The van der Waals surface area contributed by atoms with Crippen molar-refractivity contribution in [2.75, 3.05) is 18.5 Å². The molecule has 0 fully saturated rings. The van der Waals surface area contributed by atoms with Gasteiger partial charge in [-0.1, -0.05) is 0 Å². The molecule has 0 amide bonds. The Balaban J connectivity index is 2.63. The molecule has 1 atom stereocenters. The van der Waals surface area contributed by atoms with Gasteiger partial charge in [0.25, 0.3) is 0 Å². The molecule has 1 unspecified atom stereocenters. The summed E-state index contributed by atoms with van der Waals surface area (Å²) < 4.78 is 5.56. The Kier molecular flexibility index (Phi) is 4.62. The van der Waals surface area contributed by atoms with Crippen LogP contribution in [0.25, 0.3) is 0 Å². The number of aliphatic hydroxyl groups is 1. The van der Waals surface area contributed by atoms with E-state index in [1.165, 1.54) is 0 Å². The molecule has 0 bridgehead atoms. The van der Waals surface area contributed by atoms with Crippen molar-refractivity contribution in [2.24, 2.45) is 0 Å². The van der Waals surface area contributed by atoms with E-state index in [0.717, 1.165) is 11.4 Å². The van der Waals surface area contributed by atoms with Crippen LogP contribution in [0, 0.1) is 0 Å². The molecule has 1 rings (SSSR count). The molecule has 16 heavy (non-hydrogen) atoms. The lowest BCUT2D eigenvalue weighted by Gasteiger charge is -2.21. The first-order chi connectivity index (χ1) is 7.49. The van der Waals surface area contributed by atoms with Crippen LogP contribution in [-0.4, -0.2) is 30.9 Å². The first-order valence-electron chi connectivity index (χ1n) is 5.65. The zero-order valence-corrected chi connectivity index (χ0v) is 10.5. The molecule has 0 spiro atoms. The Morgan fingerprint density at radius 2 is 1.75 bits per heavy atom. The first kappa shape index (κ1) is 12.8. The van der Waals surface area contributed by atoms with Crippen LogP contribution in [0.4, 0.5) is 5.69 Å². The first-order valence-corrected chi connectivity index (χ1v) is 5.65. The number of hydrogen-bond acceptors (Lipinski definition) is 3. The molecular formula is C13H21NO2. The van der Waals surface area contributed by atoms with Gasteiger partial charge in [0.1, 0.15) is 5.75 Å². The summed E-state index contributed by atoms with van der Waals surface area (Å²) in [5.74, 6) is 0.879. The highest BCUT2D eigenvalue weighted by atomic mass is 16.5. The summed E-state index contributed by atoms with van der Waals surface area (Å²) in [7, 11) is 1.96. The summed E-state index contributed by atoms with van der Waals surface area (Å²) in [6.45, 7) is 6.43. The van der Waals surface area contributed by atoms with Crippen molar-refractivity contribution in [3.63, 3.8) is 0 Å². The van der Waals surface area contributed by atoms with Crippen molar-refractivity contribution in [2.45, 2.75) is 33.0 Å². The van der Waals surface area contributed by atoms with Gasteiger partial charge in [0.2, 0.25) is 0 Å². The normalized spacial score (nSPS) is 12.6. The Morgan fingerprint density at radius 3 is 2.19 bits per heavy atom. The Bertz CT molecular complexity index is 306. The van der Waals surface area contributed by atoms with Gasteiger partial charge in [0.05, 0.1) is 12.2 Å². The lowest BCUT2D eigenvalue weighted by atomic mass is 10.2. The van der Waals surface area contributed by atoms with E-state index >= 15 is 0 Å². The molecule has 0 aliphatic rings. The molecule has 1 N–H and O–H groups in total. The van der Waals surface area contributed by atoms with Gasteiger partial charge in [-0.15, -0.1) is 0 Å². The third kappa shape index (κ3) is 4.11. The highest BCUT2D eigenvalue weighted by Gasteiger charge is 2.04. The number of ether oxygens (including phenoxy) is 1. The molecule has 0 aliphatic heterocycles. The Morgan fingerprint density at radius 1 is 1.19 bits per heavy atom. The maximum absolute atomic E-state index is 9.29. The third-order valence-electron chi connectivity index (χ3n) is 2.19. The van der Waals surface area contributed by atoms with Gasteiger partial charge in [-0.2, -0.15) is 0 Å². The Labute approximate surface area is 97.7 Å². The minimum Gasteiger partial charge on any atom is -0.491 e. The van der Waals surface area contributed by atoms with Crippen molar-refractivity contribution in [3.8, 4) is 5.75 Å². The van der Waals surface area contributed by atoms with E-state index in [2.05, 4.69) is 0 Å². The van der Waals surface area contributed by atoms with E-state index in [1.54, 1.807) is 6.92 Å². The topological polar surface area (TPSA) is 32.7 Å². The van der Waals surface area contributed by atoms with Crippen molar-refractivity contribution in [1.82, 2.24) is 0 Å². The standard InChI is InChI=1S/C13H21NO2/c1-10(2)16-13-7-5-12(6-8-13)14(4)9-11(3)15/h5-8,10-11,15H,9H2,1-4H3. The number of aliphatic hydroxyl groups excluding tert-OH is 1. The van der Waals surface area contributed by atoms with Crippen LogP contribution in [0.15, 0.2) is 24.3 Å². The quantitative estimate of drug-likeness (QED) is 0.831. The van der Waals surface area contributed by atoms with E-state index in [4.69, 9.17) is 4.74 Å². The number of benzene rings is 1. The van der Waals surface area contributed by atoms with Crippen molar-refractivity contribution in [3.05, 3.63) is 24.3 Å². The van der Waals surface area contributed by atoms with E-state index < -0.39 is 0 Å². The van der Waals surface area contributed by atoms with Crippen LogP contribution in [0.5, 0.6) is 5.75 Å².